The molecule has 0 heterocycles. The lowest BCUT2D eigenvalue weighted by molar-refractivity contribution is -0.0503. The van der Waals surface area contributed by atoms with Crippen LogP contribution in [0.25, 0.3) is 0 Å². The minimum atomic E-state index is -3.15. The summed E-state index contributed by atoms with van der Waals surface area (Å²) in [5, 5.41) is 12.4. The molecule has 0 saturated heterocycles. The Morgan fingerprint density at radius 3 is 2.71 bits per heavy atom. The summed E-state index contributed by atoms with van der Waals surface area (Å²) in [4.78, 5) is 12.1. The summed E-state index contributed by atoms with van der Waals surface area (Å²) >= 11 is 0. The van der Waals surface area contributed by atoms with Crippen molar-refractivity contribution in [1.82, 2.24) is 5.32 Å². The number of halogens is 3. The summed E-state index contributed by atoms with van der Waals surface area (Å²) in [6, 6.07) is 2.37. The molecular formula is C14H16F3NO3. The standard InChI is InChI=1S/C14H16F3NO3/c15-8-5-6-9(12(7-8)21-14(16)17)13(20)18-10-3-1-2-4-11(10)19/h5-7,10-11,14,19H,1-4H2,(H,18,20). The molecule has 1 fully saturated rings. The summed E-state index contributed by atoms with van der Waals surface area (Å²) in [6.45, 7) is -3.15. The third-order valence-electron chi connectivity index (χ3n) is 3.45. The Bertz CT molecular complexity index is 510. The molecule has 2 unspecified atom stereocenters. The van der Waals surface area contributed by atoms with E-state index in [1.165, 1.54) is 0 Å². The fraction of sp³-hybridized carbons (Fsp3) is 0.500. The molecule has 2 rings (SSSR count). The van der Waals surface area contributed by atoms with Crippen LogP contribution in [0, 0.1) is 5.82 Å². The molecule has 4 nitrogen and oxygen atoms in total. The third kappa shape index (κ3) is 4.10. The van der Waals surface area contributed by atoms with Crippen molar-refractivity contribution in [3.05, 3.63) is 29.6 Å². The zero-order chi connectivity index (χ0) is 15.4. The maximum atomic E-state index is 13.1. The first-order chi connectivity index (χ1) is 9.97. The molecule has 116 valence electrons. The highest BCUT2D eigenvalue weighted by atomic mass is 19.3. The highest BCUT2D eigenvalue weighted by Crippen LogP contribution is 2.24. The summed E-state index contributed by atoms with van der Waals surface area (Å²) < 4.78 is 41.9. The van der Waals surface area contributed by atoms with Gasteiger partial charge < -0.3 is 15.2 Å². The minimum Gasteiger partial charge on any atom is -0.434 e. The fourth-order valence-corrected chi connectivity index (χ4v) is 2.40. The Morgan fingerprint density at radius 1 is 1.33 bits per heavy atom. The Kier molecular flexibility index (Phi) is 5.06. The number of alkyl halides is 2. The molecule has 0 aliphatic heterocycles. The first-order valence-electron chi connectivity index (χ1n) is 6.70. The number of aliphatic hydroxyl groups is 1. The topological polar surface area (TPSA) is 58.6 Å². The van der Waals surface area contributed by atoms with Crippen LogP contribution in [-0.2, 0) is 0 Å². The summed E-state index contributed by atoms with van der Waals surface area (Å²) in [5.41, 5.74) is -0.186. The smallest absolute Gasteiger partial charge is 0.387 e. The van der Waals surface area contributed by atoms with Gasteiger partial charge in [-0.1, -0.05) is 12.8 Å². The van der Waals surface area contributed by atoms with Gasteiger partial charge in [0.2, 0.25) is 0 Å². The Labute approximate surface area is 119 Å². The SMILES string of the molecule is O=C(NC1CCCCC1O)c1ccc(F)cc1OC(F)F. The average Bonchev–Trinajstić information content (AvgIpc) is 2.40. The lowest BCUT2D eigenvalue weighted by atomic mass is 9.92. The predicted octanol–water partition coefficient (Wildman–Crippen LogP) is 2.46. The zero-order valence-corrected chi connectivity index (χ0v) is 11.2. The van der Waals surface area contributed by atoms with Crippen LogP contribution in [0.5, 0.6) is 5.75 Å². The van der Waals surface area contributed by atoms with E-state index in [1.54, 1.807) is 0 Å². The molecule has 1 amide bonds. The molecule has 1 saturated carbocycles. The van der Waals surface area contributed by atoms with Crippen molar-refractivity contribution in [3.63, 3.8) is 0 Å². The van der Waals surface area contributed by atoms with Crippen LogP contribution in [0.15, 0.2) is 18.2 Å². The van der Waals surface area contributed by atoms with Gasteiger partial charge in [0, 0.05) is 6.07 Å². The first kappa shape index (κ1) is 15.6. The van der Waals surface area contributed by atoms with Crippen LogP contribution in [0.1, 0.15) is 36.0 Å². The van der Waals surface area contributed by atoms with E-state index in [0.29, 0.717) is 12.8 Å². The van der Waals surface area contributed by atoms with Crippen LogP contribution in [0.4, 0.5) is 13.2 Å². The number of carbonyl (C=O) groups excluding carboxylic acids is 1. The predicted molar refractivity (Wildman–Crippen MR) is 68.8 cm³/mol. The number of hydrogen-bond acceptors (Lipinski definition) is 3. The van der Waals surface area contributed by atoms with Gasteiger partial charge >= 0.3 is 6.61 Å². The first-order valence-corrected chi connectivity index (χ1v) is 6.70. The molecule has 2 N–H and O–H groups in total. The molecule has 21 heavy (non-hydrogen) atoms. The van der Waals surface area contributed by atoms with Gasteiger partial charge in [-0.2, -0.15) is 8.78 Å². The van der Waals surface area contributed by atoms with Gasteiger partial charge in [-0.15, -0.1) is 0 Å². The van der Waals surface area contributed by atoms with E-state index in [9.17, 15) is 23.1 Å². The van der Waals surface area contributed by atoms with Gasteiger partial charge in [0.25, 0.3) is 5.91 Å². The van der Waals surface area contributed by atoms with Crippen molar-refractivity contribution >= 4 is 5.91 Å². The van der Waals surface area contributed by atoms with Crippen LogP contribution in [-0.4, -0.2) is 29.8 Å². The van der Waals surface area contributed by atoms with Gasteiger partial charge in [-0.05, 0) is 25.0 Å². The molecule has 0 radical (unpaired) electrons. The number of aliphatic hydroxyl groups excluding tert-OH is 1. The van der Waals surface area contributed by atoms with E-state index in [4.69, 9.17) is 0 Å². The average molecular weight is 303 g/mol. The highest BCUT2D eigenvalue weighted by Gasteiger charge is 2.26. The Balaban J connectivity index is 2.14. The van der Waals surface area contributed by atoms with Gasteiger partial charge in [0.15, 0.2) is 0 Å². The quantitative estimate of drug-likeness (QED) is 0.898. The van der Waals surface area contributed by atoms with Crippen molar-refractivity contribution in [2.24, 2.45) is 0 Å². The van der Waals surface area contributed by atoms with Gasteiger partial charge in [-0.3, -0.25) is 4.79 Å². The largest absolute Gasteiger partial charge is 0.434 e. The molecule has 1 aromatic carbocycles. The maximum Gasteiger partial charge on any atom is 0.387 e. The van der Waals surface area contributed by atoms with E-state index >= 15 is 0 Å². The van der Waals surface area contributed by atoms with Crippen molar-refractivity contribution in [2.45, 2.75) is 44.4 Å². The molecule has 1 aliphatic carbocycles. The highest BCUT2D eigenvalue weighted by molar-refractivity contribution is 5.97. The van der Waals surface area contributed by atoms with Gasteiger partial charge in [0.1, 0.15) is 11.6 Å². The van der Waals surface area contributed by atoms with Crippen LogP contribution >= 0.6 is 0 Å². The van der Waals surface area contributed by atoms with E-state index < -0.39 is 36.2 Å². The summed E-state index contributed by atoms with van der Waals surface area (Å²) in [6.07, 6.45) is 2.27. The van der Waals surface area contributed by atoms with E-state index in [2.05, 4.69) is 10.1 Å². The number of rotatable bonds is 4. The number of benzene rings is 1. The normalized spacial score (nSPS) is 22.1. The summed E-state index contributed by atoms with van der Waals surface area (Å²) in [7, 11) is 0. The van der Waals surface area contributed by atoms with E-state index in [-0.39, 0.29) is 5.56 Å². The second kappa shape index (κ2) is 6.80. The second-order valence-corrected chi connectivity index (χ2v) is 4.95. The second-order valence-electron chi connectivity index (χ2n) is 4.95. The molecule has 0 spiro atoms. The molecule has 1 aliphatic rings. The summed E-state index contributed by atoms with van der Waals surface area (Å²) in [5.74, 6) is -1.97. The van der Waals surface area contributed by atoms with Gasteiger partial charge in [-0.25, -0.2) is 4.39 Å². The number of amides is 1. The van der Waals surface area contributed by atoms with Crippen molar-refractivity contribution in [1.29, 1.82) is 0 Å². The number of hydrogen-bond donors (Lipinski definition) is 2. The zero-order valence-electron chi connectivity index (χ0n) is 11.2. The van der Waals surface area contributed by atoms with Crippen LogP contribution in [0.2, 0.25) is 0 Å². The van der Waals surface area contributed by atoms with Crippen molar-refractivity contribution in [3.8, 4) is 5.75 Å². The fourth-order valence-electron chi connectivity index (χ4n) is 2.40. The number of nitrogens with one attached hydrogen (secondary N) is 1. The molecule has 1 aromatic rings. The maximum absolute atomic E-state index is 13.1. The Hall–Kier alpha value is -1.76. The van der Waals surface area contributed by atoms with E-state index in [0.717, 1.165) is 31.0 Å². The minimum absolute atomic E-state index is 0.186. The molecule has 7 heteroatoms. The van der Waals surface area contributed by atoms with Crippen molar-refractivity contribution < 1.29 is 27.8 Å². The van der Waals surface area contributed by atoms with Gasteiger partial charge in [0.05, 0.1) is 17.7 Å². The molecular weight excluding hydrogens is 287 g/mol. The van der Waals surface area contributed by atoms with Crippen LogP contribution < -0.4 is 10.1 Å². The lowest BCUT2D eigenvalue weighted by Gasteiger charge is -2.28. The third-order valence-corrected chi connectivity index (χ3v) is 3.45. The van der Waals surface area contributed by atoms with Crippen molar-refractivity contribution in [2.75, 3.05) is 0 Å². The molecule has 0 aromatic heterocycles. The Morgan fingerprint density at radius 2 is 2.05 bits per heavy atom. The monoisotopic (exact) mass is 303 g/mol. The lowest BCUT2D eigenvalue weighted by Crippen LogP contribution is -2.45. The number of carbonyl (C=O) groups is 1. The van der Waals surface area contributed by atoms with E-state index in [1.807, 2.05) is 0 Å². The van der Waals surface area contributed by atoms with Crippen LogP contribution in [0.3, 0.4) is 0 Å². The molecule has 2 atom stereocenters. The molecule has 0 bridgehead atoms. The number of ether oxygens (including phenoxy) is 1.